The standard InChI is InChI=1S/C13H13F2N3O2/c14-13(15)3-6-17(7-4-13)12-16-10(11(19)20)8-9-2-1-5-18(9)12/h1-2,5,8H,3-4,6-7H2,(H,19,20). The molecule has 3 heterocycles. The fourth-order valence-electron chi connectivity index (χ4n) is 2.39. The van der Waals surface area contributed by atoms with Crippen LogP contribution in [0.3, 0.4) is 0 Å². The molecule has 1 aliphatic rings. The number of halogens is 2. The van der Waals surface area contributed by atoms with Gasteiger partial charge in [0.2, 0.25) is 5.95 Å². The van der Waals surface area contributed by atoms with Gasteiger partial charge in [-0.2, -0.15) is 0 Å². The molecule has 2 aromatic rings. The summed E-state index contributed by atoms with van der Waals surface area (Å²) >= 11 is 0. The molecule has 1 aliphatic heterocycles. The number of aromatic carboxylic acids is 1. The molecule has 5 nitrogen and oxygen atoms in total. The van der Waals surface area contributed by atoms with Gasteiger partial charge in [0.05, 0.1) is 5.52 Å². The Bertz CT molecular complexity index is 659. The smallest absolute Gasteiger partial charge is 0.354 e. The number of hydrogen-bond donors (Lipinski definition) is 1. The predicted molar refractivity (Wildman–Crippen MR) is 68.5 cm³/mol. The third-order valence-corrected chi connectivity index (χ3v) is 3.50. The first-order valence-corrected chi connectivity index (χ1v) is 6.30. The van der Waals surface area contributed by atoms with Crippen molar-refractivity contribution in [2.24, 2.45) is 0 Å². The van der Waals surface area contributed by atoms with E-state index in [4.69, 9.17) is 5.11 Å². The van der Waals surface area contributed by atoms with Crippen molar-refractivity contribution in [3.63, 3.8) is 0 Å². The molecule has 0 unspecified atom stereocenters. The Labute approximate surface area is 113 Å². The van der Waals surface area contributed by atoms with Crippen LogP contribution in [-0.2, 0) is 0 Å². The summed E-state index contributed by atoms with van der Waals surface area (Å²) in [6, 6.07) is 4.99. The molecule has 0 bridgehead atoms. The number of carboxylic acid groups (broad SMARTS) is 1. The van der Waals surface area contributed by atoms with Crippen molar-refractivity contribution in [3.05, 3.63) is 30.1 Å². The molecule has 7 heteroatoms. The molecule has 3 rings (SSSR count). The molecule has 20 heavy (non-hydrogen) atoms. The molecule has 2 aromatic heterocycles. The van der Waals surface area contributed by atoms with Gasteiger partial charge in [0.1, 0.15) is 0 Å². The van der Waals surface area contributed by atoms with E-state index in [1.165, 1.54) is 6.07 Å². The van der Waals surface area contributed by atoms with Crippen LogP contribution in [0.15, 0.2) is 24.4 Å². The maximum Gasteiger partial charge on any atom is 0.354 e. The Balaban J connectivity index is 2.02. The van der Waals surface area contributed by atoms with Gasteiger partial charge in [0.15, 0.2) is 5.69 Å². The third kappa shape index (κ3) is 2.19. The minimum atomic E-state index is -2.64. The quantitative estimate of drug-likeness (QED) is 0.917. The van der Waals surface area contributed by atoms with E-state index in [9.17, 15) is 13.6 Å². The van der Waals surface area contributed by atoms with E-state index in [0.29, 0.717) is 11.5 Å². The molecule has 0 saturated carbocycles. The number of carbonyl (C=O) groups is 1. The number of aromatic nitrogens is 2. The monoisotopic (exact) mass is 281 g/mol. The lowest BCUT2D eigenvalue weighted by Gasteiger charge is -2.32. The van der Waals surface area contributed by atoms with Crippen molar-refractivity contribution < 1.29 is 18.7 Å². The number of hydrogen-bond acceptors (Lipinski definition) is 3. The summed E-state index contributed by atoms with van der Waals surface area (Å²) in [6.45, 7) is 0.326. The van der Waals surface area contributed by atoms with Gasteiger partial charge in [-0.3, -0.25) is 4.40 Å². The largest absolute Gasteiger partial charge is 0.477 e. The number of fused-ring (bicyclic) bond motifs is 1. The van der Waals surface area contributed by atoms with Crippen molar-refractivity contribution in [1.82, 2.24) is 9.38 Å². The van der Waals surface area contributed by atoms with E-state index >= 15 is 0 Å². The normalized spacial score (nSPS) is 18.4. The van der Waals surface area contributed by atoms with Gasteiger partial charge >= 0.3 is 5.97 Å². The molecule has 0 amide bonds. The Hall–Kier alpha value is -2.18. The molecule has 0 atom stereocenters. The summed E-state index contributed by atoms with van der Waals surface area (Å²) < 4.78 is 28.1. The molecular weight excluding hydrogens is 268 g/mol. The van der Waals surface area contributed by atoms with Gasteiger partial charge in [0, 0.05) is 32.1 Å². The summed E-state index contributed by atoms with van der Waals surface area (Å²) in [5, 5.41) is 9.08. The highest BCUT2D eigenvalue weighted by Crippen LogP contribution is 2.30. The first-order valence-electron chi connectivity index (χ1n) is 6.30. The molecule has 1 N–H and O–H groups in total. The summed E-state index contributed by atoms with van der Waals surface area (Å²) in [6.07, 6.45) is 1.26. The van der Waals surface area contributed by atoms with Gasteiger partial charge < -0.3 is 10.0 Å². The average molecular weight is 281 g/mol. The lowest BCUT2D eigenvalue weighted by Crippen LogP contribution is -2.40. The topological polar surface area (TPSA) is 57.8 Å². The minimum Gasteiger partial charge on any atom is -0.477 e. The van der Waals surface area contributed by atoms with Gasteiger partial charge in [0.25, 0.3) is 5.92 Å². The van der Waals surface area contributed by atoms with Crippen molar-refractivity contribution in [3.8, 4) is 0 Å². The third-order valence-electron chi connectivity index (χ3n) is 3.50. The van der Waals surface area contributed by atoms with Gasteiger partial charge in [-0.1, -0.05) is 0 Å². The van der Waals surface area contributed by atoms with E-state index in [0.717, 1.165) is 0 Å². The number of anilines is 1. The SMILES string of the molecule is O=C(O)c1cc2cccn2c(N2CCC(F)(F)CC2)n1. The fourth-order valence-corrected chi connectivity index (χ4v) is 2.39. The number of rotatable bonds is 2. The number of piperidine rings is 1. The Morgan fingerprint density at radius 2 is 2.05 bits per heavy atom. The Kier molecular flexibility index (Phi) is 2.84. The van der Waals surface area contributed by atoms with Crippen molar-refractivity contribution >= 4 is 17.4 Å². The lowest BCUT2D eigenvalue weighted by molar-refractivity contribution is -0.0223. The first kappa shape index (κ1) is 12.8. The van der Waals surface area contributed by atoms with Crippen LogP contribution in [0.2, 0.25) is 0 Å². The fraction of sp³-hybridized carbons (Fsp3) is 0.385. The van der Waals surface area contributed by atoms with E-state index in [-0.39, 0.29) is 31.6 Å². The maximum atomic E-state index is 13.2. The van der Waals surface area contributed by atoms with E-state index in [2.05, 4.69) is 4.98 Å². The number of carboxylic acids is 1. The van der Waals surface area contributed by atoms with Gasteiger partial charge in [-0.25, -0.2) is 18.6 Å². The van der Waals surface area contributed by atoms with Crippen molar-refractivity contribution in [1.29, 1.82) is 0 Å². The Morgan fingerprint density at radius 3 is 2.70 bits per heavy atom. The van der Waals surface area contributed by atoms with Crippen LogP contribution in [0.4, 0.5) is 14.7 Å². The molecule has 106 valence electrons. The zero-order chi connectivity index (χ0) is 14.3. The average Bonchev–Trinajstić information content (AvgIpc) is 2.85. The summed E-state index contributed by atoms with van der Waals surface area (Å²) in [7, 11) is 0. The predicted octanol–water partition coefficient (Wildman–Crippen LogP) is 2.27. The van der Waals surface area contributed by atoms with Crippen molar-refractivity contribution in [2.75, 3.05) is 18.0 Å². The second kappa shape index (κ2) is 4.43. The lowest BCUT2D eigenvalue weighted by atomic mass is 10.1. The molecule has 0 aromatic carbocycles. The van der Waals surface area contributed by atoms with Gasteiger partial charge in [-0.05, 0) is 18.2 Å². The highest BCUT2D eigenvalue weighted by atomic mass is 19.3. The maximum absolute atomic E-state index is 13.2. The summed E-state index contributed by atoms with van der Waals surface area (Å²) in [4.78, 5) is 16.9. The van der Waals surface area contributed by atoms with Crippen LogP contribution in [0.5, 0.6) is 0 Å². The van der Waals surface area contributed by atoms with Gasteiger partial charge in [-0.15, -0.1) is 0 Å². The molecular formula is C13H13F2N3O2. The van der Waals surface area contributed by atoms with Crippen molar-refractivity contribution in [2.45, 2.75) is 18.8 Å². The van der Waals surface area contributed by atoms with Crippen LogP contribution in [0.25, 0.3) is 5.52 Å². The summed E-state index contributed by atoms with van der Waals surface area (Å²) in [5.74, 6) is -3.37. The zero-order valence-electron chi connectivity index (χ0n) is 10.6. The molecule has 0 spiro atoms. The Morgan fingerprint density at radius 1 is 1.35 bits per heavy atom. The first-order chi connectivity index (χ1) is 9.46. The molecule has 1 fully saturated rings. The summed E-state index contributed by atoms with van der Waals surface area (Å²) in [5.41, 5.74) is 0.605. The number of nitrogens with zero attached hydrogens (tertiary/aromatic N) is 3. The second-order valence-corrected chi connectivity index (χ2v) is 4.89. The van der Waals surface area contributed by atoms with E-state index in [1.807, 2.05) is 0 Å². The second-order valence-electron chi connectivity index (χ2n) is 4.89. The van der Waals surface area contributed by atoms with Crippen LogP contribution >= 0.6 is 0 Å². The highest BCUT2D eigenvalue weighted by molar-refractivity contribution is 5.87. The number of alkyl halides is 2. The molecule has 0 radical (unpaired) electrons. The molecule has 0 aliphatic carbocycles. The van der Waals surface area contributed by atoms with Crippen LogP contribution < -0.4 is 4.90 Å². The van der Waals surface area contributed by atoms with Crippen LogP contribution in [-0.4, -0.2) is 39.5 Å². The van der Waals surface area contributed by atoms with E-state index in [1.54, 1.807) is 27.6 Å². The van der Waals surface area contributed by atoms with Crippen LogP contribution in [0.1, 0.15) is 23.3 Å². The minimum absolute atomic E-state index is 0.0801. The molecule has 1 saturated heterocycles. The zero-order valence-corrected chi connectivity index (χ0v) is 10.6. The van der Waals surface area contributed by atoms with E-state index < -0.39 is 11.9 Å². The highest BCUT2D eigenvalue weighted by Gasteiger charge is 2.35. The van der Waals surface area contributed by atoms with Crippen LogP contribution in [0, 0.1) is 0 Å².